The van der Waals surface area contributed by atoms with Crippen molar-refractivity contribution in [3.63, 3.8) is 0 Å². The molecule has 1 aromatic rings. The van der Waals surface area contributed by atoms with Crippen LogP contribution in [0.2, 0.25) is 0 Å². The first-order valence-electron chi connectivity index (χ1n) is 8.06. The van der Waals surface area contributed by atoms with E-state index in [1.807, 2.05) is 17.0 Å². The van der Waals surface area contributed by atoms with Crippen LogP contribution in [0.5, 0.6) is 0 Å². The van der Waals surface area contributed by atoms with Crippen LogP contribution in [-0.4, -0.2) is 48.1 Å². The SMILES string of the molecule is O=COC1(c2cccn2C(=O)N2CCNCC2)CCCCC1. The number of carbonyl (C=O) groups is 2. The highest BCUT2D eigenvalue weighted by atomic mass is 16.5. The molecule has 6 heteroatoms. The largest absolute Gasteiger partial charge is 0.455 e. The average molecular weight is 305 g/mol. The van der Waals surface area contributed by atoms with Crippen LogP contribution in [-0.2, 0) is 15.1 Å². The lowest BCUT2D eigenvalue weighted by Crippen LogP contribution is -2.49. The summed E-state index contributed by atoms with van der Waals surface area (Å²) in [5.74, 6) is 0. The maximum Gasteiger partial charge on any atom is 0.328 e. The Balaban J connectivity index is 1.89. The Labute approximate surface area is 130 Å². The molecule has 6 nitrogen and oxygen atoms in total. The van der Waals surface area contributed by atoms with E-state index >= 15 is 0 Å². The third kappa shape index (κ3) is 2.75. The number of carbonyl (C=O) groups excluding carboxylic acids is 2. The molecule has 2 aliphatic rings. The molecule has 0 spiro atoms. The lowest BCUT2D eigenvalue weighted by atomic mass is 9.82. The number of nitrogens with zero attached hydrogens (tertiary/aromatic N) is 2. The van der Waals surface area contributed by atoms with Gasteiger partial charge in [0.25, 0.3) is 6.47 Å². The second kappa shape index (κ2) is 6.52. The topological polar surface area (TPSA) is 63.6 Å². The Morgan fingerprint density at radius 3 is 2.64 bits per heavy atom. The fraction of sp³-hybridized carbons (Fsp3) is 0.625. The van der Waals surface area contributed by atoms with Crippen molar-refractivity contribution in [1.82, 2.24) is 14.8 Å². The third-order valence-electron chi connectivity index (χ3n) is 4.74. The van der Waals surface area contributed by atoms with Crippen molar-refractivity contribution in [3.8, 4) is 0 Å². The molecule has 1 aromatic heterocycles. The summed E-state index contributed by atoms with van der Waals surface area (Å²) < 4.78 is 7.18. The normalized spacial score (nSPS) is 21.4. The molecule has 1 saturated heterocycles. The van der Waals surface area contributed by atoms with Gasteiger partial charge in [0.15, 0.2) is 5.60 Å². The summed E-state index contributed by atoms with van der Waals surface area (Å²) in [6.45, 7) is 3.57. The molecular weight excluding hydrogens is 282 g/mol. The maximum absolute atomic E-state index is 12.8. The predicted molar refractivity (Wildman–Crippen MR) is 81.6 cm³/mol. The van der Waals surface area contributed by atoms with Gasteiger partial charge in [-0.1, -0.05) is 6.42 Å². The highest BCUT2D eigenvalue weighted by Gasteiger charge is 2.39. The number of rotatable bonds is 3. The number of ether oxygens (including phenoxy) is 1. The molecule has 22 heavy (non-hydrogen) atoms. The second-order valence-electron chi connectivity index (χ2n) is 6.05. The first-order valence-corrected chi connectivity index (χ1v) is 8.06. The monoisotopic (exact) mass is 305 g/mol. The molecule has 0 unspecified atom stereocenters. The molecule has 3 rings (SSSR count). The van der Waals surface area contributed by atoms with Crippen molar-refractivity contribution in [3.05, 3.63) is 24.0 Å². The fourth-order valence-electron chi connectivity index (χ4n) is 3.58. The molecule has 120 valence electrons. The van der Waals surface area contributed by atoms with E-state index in [-0.39, 0.29) is 6.03 Å². The minimum atomic E-state index is -0.646. The number of aromatic nitrogens is 1. The first kappa shape index (κ1) is 15.1. The molecule has 1 N–H and O–H groups in total. The molecule has 0 radical (unpaired) electrons. The number of amides is 1. The van der Waals surface area contributed by atoms with Gasteiger partial charge in [-0.15, -0.1) is 0 Å². The standard InChI is InChI=1S/C16H23N3O3/c20-13-22-16(6-2-1-3-7-16)14-5-4-10-19(14)15(21)18-11-8-17-9-12-18/h4-5,10,13,17H,1-3,6-9,11-12H2. The number of nitrogens with one attached hydrogen (secondary N) is 1. The second-order valence-corrected chi connectivity index (χ2v) is 6.05. The number of piperazine rings is 1. The molecule has 0 bridgehead atoms. The van der Waals surface area contributed by atoms with E-state index in [9.17, 15) is 9.59 Å². The van der Waals surface area contributed by atoms with Crippen LogP contribution in [0.25, 0.3) is 0 Å². The van der Waals surface area contributed by atoms with E-state index < -0.39 is 5.60 Å². The molecule has 1 aliphatic heterocycles. The molecule has 1 aliphatic carbocycles. The minimum absolute atomic E-state index is 0.0269. The van der Waals surface area contributed by atoms with Gasteiger partial charge in [-0.2, -0.15) is 0 Å². The van der Waals surface area contributed by atoms with Crippen molar-refractivity contribution < 1.29 is 14.3 Å². The summed E-state index contributed by atoms with van der Waals surface area (Å²) >= 11 is 0. The summed E-state index contributed by atoms with van der Waals surface area (Å²) in [6.07, 6.45) is 6.53. The van der Waals surface area contributed by atoms with Crippen molar-refractivity contribution in [2.45, 2.75) is 37.7 Å². The van der Waals surface area contributed by atoms with Crippen LogP contribution >= 0.6 is 0 Å². The lowest BCUT2D eigenvalue weighted by molar-refractivity contribution is -0.149. The zero-order valence-corrected chi connectivity index (χ0v) is 12.8. The molecule has 2 heterocycles. The van der Waals surface area contributed by atoms with Crippen LogP contribution in [0.1, 0.15) is 37.8 Å². The van der Waals surface area contributed by atoms with E-state index in [0.717, 1.165) is 50.9 Å². The zero-order chi connectivity index (χ0) is 15.4. The van der Waals surface area contributed by atoms with Gasteiger partial charge < -0.3 is 15.0 Å². The van der Waals surface area contributed by atoms with Gasteiger partial charge in [0.2, 0.25) is 0 Å². The van der Waals surface area contributed by atoms with Crippen molar-refractivity contribution in [1.29, 1.82) is 0 Å². The first-order chi connectivity index (χ1) is 10.8. The highest BCUT2D eigenvalue weighted by Crippen LogP contribution is 2.40. The number of hydrogen-bond acceptors (Lipinski definition) is 4. The van der Waals surface area contributed by atoms with E-state index in [1.165, 1.54) is 0 Å². The van der Waals surface area contributed by atoms with Crippen molar-refractivity contribution in [2.24, 2.45) is 0 Å². The van der Waals surface area contributed by atoms with Crippen LogP contribution in [0, 0.1) is 0 Å². The maximum atomic E-state index is 12.8. The minimum Gasteiger partial charge on any atom is -0.455 e. The Kier molecular flexibility index (Phi) is 4.47. The Hall–Kier alpha value is -1.82. The van der Waals surface area contributed by atoms with Gasteiger partial charge in [0.1, 0.15) is 0 Å². The molecule has 1 saturated carbocycles. The van der Waals surface area contributed by atoms with E-state index in [4.69, 9.17) is 4.74 Å². The molecule has 0 atom stereocenters. The quantitative estimate of drug-likeness (QED) is 0.863. The highest BCUT2D eigenvalue weighted by molar-refractivity contribution is 5.78. The van der Waals surface area contributed by atoms with Crippen LogP contribution < -0.4 is 5.32 Å². The fourth-order valence-corrected chi connectivity index (χ4v) is 3.58. The molecule has 2 fully saturated rings. The number of hydrogen-bond donors (Lipinski definition) is 1. The van der Waals surface area contributed by atoms with Crippen molar-refractivity contribution in [2.75, 3.05) is 26.2 Å². The molecular formula is C16H23N3O3. The van der Waals surface area contributed by atoms with E-state index in [2.05, 4.69) is 5.32 Å². The summed E-state index contributed by atoms with van der Waals surface area (Å²) in [7, 11) is 0. The Morgan fingerprint density at radius 1 is 1.23 bits per heavy atom. The summed E-state index contributed by atoms with van der Waals surface area (Å²) in [4.78, 5) is 25.7. The van der Waals surface area contributed by atoms with E-state index in [0.29, 0.717) is 19.6 Å². The smallest absolute Gasteiger partial charge is 0.328 e. The van der Waals surface area contributed by atoms with Crippen LogP contribution in [0.15, 0.2) is 18.3 Å². The van der Waals surface area contributed by atoms with Crippen molar-refractivity contribution >= 4 is 12.5 Å². The van der Waals surface area contributed by atoms with Gasteiger partial charge in [-0.25, -0.2) is 4.79 Å². The van der Waals surface area contributed by atoms with Gasteiger partial charge >= 0.3 is 6.03 Å². The summed E-state index contributed by atoms with van der Waals surface area (Å²) in [6, 6.07) is 3.75. The van der Waals surface area contributed by atoms with Crippen LogP contribution in [0.3, 0.4) is 0 Å². The van der Waals surface area contributed by atoms with E-state index in [1.54, 1.807) is 10.8 Å². The lowest BCUT2D eigenvalue weighted by Gasteiger charge is -2.37. The van der Waals surface area contributed by atoms with Gasteiger partial charge in [0, 0.05) is 32.4 Å². The zero-order valence-electron chi connectivity index (χ0n) is 12.8. The summed E-state index contributed by atoms with van der Waals surface area (Å²) in [5, 5.41) is 3.25. The predicted octanol–water partition coefficient (Wildman–Crippen LogP) is 1.69. The third-order valence-corrected chi connectivity index (χ3v) is 4.74. The Morgan fingerprint density at radius 2 is 1.95 bits per heavy atom. The Bertz CT molecular complexity index is 528. The van der Waals surface area contributed by atoms with Gasteiger partial charge in [-0.05, 0) is 37.8 Å². The molecule has 0 aromatic carbocycles. The molecule has 1 amide bonds. The van der Waals surface area contributed by atoms with Gasteiger partial charge in [-0.3, -0.25) is 9.36 Å². The summed E-state index contributed by atoms with van der Waals surface area (Å²) in [5.41, 5.74) is 0.163. The van der Waals surface area contributed by atoms with Gasteiger partial charge in [0.05, 0.1) is 5.69 Å². The van der Waals surface area contributed by atoms with Crippen LogP contribution in [0.4, 0.5) is 4.79 Å². The average Bonchev–Trinajstić information content (AvgIpc) is 3.06.